The first kappa shape index (κ1) is 30.8. The number of ether oxygens (including phenoxy) is 2. The van der Waals surface area contributed by atoms with Crippen molar-refractivity contribution in [3.63, 3.8) is 0 Å². The van der Waals surface area contributed by atoms with Crippen LogP contribution in [0.15, 0.2) is 47.5 Å². The van der Waals surface area contributed by atoms with Crippen molar-refractivity contribution in [1.82, 2.24) is 4.90 Å². The zero-order chi connectivity index (χ0) is 26.1. The fourth-order valence-corrected chi connectivity index (χ4v) is 4.00. The Balaban J connectivity index is 2.52. The first-order valence-electron chi connectivity index (χ1n) is 11.9. The van der Waals surface area contributed by atoms with Crippen molar-refractivity contribution in [3.8, 4) is 16.5 Å². The SMILES string of the molecule is COC(=O)[C@H](Cc1ccc(OC)cc1)N(C)C(=O)CCC=C[C@H](C)CC/C(=C\Cl)CCCC#CBr. The van der Waals surface area contributed by atoms with Gasteiger partial charge in [0.25, 0.3) is 0 Å². The maximum atomic E-state index is 12.8. The first-order chi connectivity index (χ1) is 16.9. The number of hydrogen-bond donors (Lipinski definition) is 0. The summed E-state index contributed by atoms with van der Waals surface area (Å²) in [5, 5.41) is 0. The maximum Gasteiger partial charge on any atom is 0.328 e. The number of nitrogens with zero attached hydrogens (tertiary/aromatic N) is 1. The Morgan fingerprint density at radius 1 is 1.17 bits per heavy atom. The number of carbonyl (C=O) groups excluding carboxylic acids is 2. The fourth-order valence-electron chi connectivity index (χ4n) is 3.58. The lowest BCUT2D eigenvalue weighted by Crippen LogP contribution is -2.44. The molecule has 0 aromatic heterocycles. The van der Waals surface area contributed by atoms with Crippen molar-refractivity contribution < 1.29 is 19.1 Å². The van der Waals surface area contributed by atoms with Gasteiger partial charge in [-0.25, -0.2) is 4.79 Å². The van der Waals surface area contributed by atoms with E-state index < -0.39 is 12.0 Å². The summed E-state index contributed by atoms with van der Waals surface area (Å²) in [5.74, 6) is 3.60. The van der Waals surface area contributed by atoms with E-state index in [2.05, 4.69) is 39.7 Å². The molecule has 0 N–H and O–H groups in total. The Hall–Kier alpha value is -2.23. The lowest BCUT2D eigenvalue weighted by molar-refractivity contribution is -0.151. The number of esters is 1. The molecule has 5 nitrogen and oxygen atoms in total. The number of rotatable bonds is 15. The highest BCUT2D eigenvalue weighted by Gasteiger charge is 2.27. The molecule has 1 amide bonds. The minimum atomic E-state index is -0.676. The molecule has 0 bridgehead atoms. The van der Waals surface area contributed by atoms with Crippen LogP contribution in [0.1, 0.15) is 57.4 Å². The van der Waals surface area contributed by atoms with Crippen molar-refractivity contribution in [2.75, 3.05) is 21.3 Å². The summed E-state index contributed by atoms with van der Waals surface area (Å²) in [6, 6.07) is 6.77. The van der Waals surface area contributed by atoms with E-state index in [0.717, 1.165) is 43.4 Å². The molecular weight excluding hydrogens is 530 g/mol. The van der Waals surface area contributed by atoms with Crippen LogP contribution in [0.2, 0.25) is 0 Å². The third-order valence-corrected chi connectivity index (χ3v) is 6.44. The fraction of sp³-hybridized carbons (Fsp3) is 0.500. The number of likely N-dealkylation sites (N-methyl/N-ethyl adjacent to an activating group) is 1. The molecule has 1 aromatic rings. The number of hydrogen-bond acceptors (Lipinski definition) is 4. The quantitative estimate of drug-likeness (QED) is 0.103. The van der Waals surface area contributed by atoms with Crippen molar-refractivity contribution in [1.29, 1.82) is 0 Å². The second-order valence-corrected chi connectivity index (χ2v) is 9.09. The van der Waals surface area contributed by atoms with Gasteiger partial charge in [0.2, 0.25) is 5.91 Å². The van der Waals surface area contributed by atoms with Gasteiger partial charge in [-0.15, -0.1) is 0 Å². The topological polar surface area (TPSA) is 55.8 Å². The van der Waals surface area contributed by atoms with Crippen molar-refractivity contribution in [2.24, 2.45) is 5.92 Å². The van der Waals surface area contributed by atoms with Crippen LogP contribution < -0.4 is 4.74 Å². The first-order valence-corrected chi connectivity index (χ1v) is 13.1. The molecule has 0 aliphatic heterocycles. The summed E-state index contributed by atoms with van der Waals surface area (Å²) in [4.78, 5) is 29.4. The molecule has 0 saturated heterocycles. The van der Waals surface area contributed by atoms with Gasteiger partial charge in [-0.2, -0.15) is 0 Å². The highest BCUT2D eigenvalue weighted by atomic mass is 79.9. The Labute approximate surface area is 224 Å². The molecule has 0 spiro atoms. The number of benzene rings is 1. The van der Waals surface area contributed by atoms with Crippen LogP contribution in [0.4, 0.5) is 0 Å². The Morgan fingerprint density at radius 3 is 2.49 bits per heavy atom. The van der Waals surface area contributed by atoms with E-state index in [-0.39, 0.29) is 5.91 Å². The van der Waals surface area contributed by atoms with Gasteiger partial charge in [0.15, 0.2) is 0 Å². The molecule has 2 atom stereocenters. The van der Waals surface area contributed by atoms with Gasteiger partial charge in [-0.3, -0.25) is 4.79 Å². The van der Waals surface area contributed by atoms with E-state index in [9.17, 15) is 9.59 Å². The molecule has 35 heavy (non-hydrogen) atoms. The summed E-state index contributed by atoms with van der Waals surface area (Å²) < 4.78 is 10.1. The van der Waals surface area contributed by atoms with Gasteiger partial charge in [0, 0.05) is 47.8 Å². The van der Waals surface area contributed by atoms with Crippen LogP contribution in [-0.2, 0) is 20.7 Å². The molecule has 7 heteroatoms. The van der Waals surface area contributed by atoms with Crippen molar-refractivity contribution >= 4 is 39.4 Å². The van der Waals surface area contributed by atoms with Crippen LogP contribution in [0.3, 0.4) is 0 Å². The van der Waals surface area contributed by atoms with Gasteiger partial charge in [-0.05, 0) is 60.5 Å². The largest absolute Gasteiger partial charge is 0.497 e. The van der Waals surface area contributed by atoms with E-state index in [1.165, 1.54) is 17.6 Å². The molecule has 192 valence electrons. The normalized spacial score (nSPS) is 13.0. The van der Waals surface area contributed by atoms with Crippen molar-refractivity contribution in [3.05, 3.63) is 53.1 Å². The minimum Gasteiger partial charge on any atom is -0.497 e. The van der Waals surface area contributed by atoms with E-state index >= 15 is 0 Å². The average molecular weight is 567 g/mol. The van der Waals surface area contributed by atoms with Gasteiger partial charge in [0.05, 0.1) is 14.2 Å². The summed E-state index contributed by atoms with van der Waals surface area (Å²) in [7, 11) is 4.60. The second-order valence-electron chi connectivity index (χ2n) is 8.47. The smallest absolute Gasteiger partial charge is 0.328 e. The number of methoxy groups -OCH3 is 2. The molecule has 1 aromatic carbocycles. The van der Waals surface area contributed by atoms with Crippen LogP contribution in [0.25, 0.3) is 0 Å². The number of allylic oxidation sites excluding steroid dienone is 3. The zero-order valence-electron chi connectivity index (χ0n) is 21.2. The number of carbonyl (C=O) groups is 2. The summed E-state index contributed by atoms with van der Waals surface area (Å²) in [5.41, 5.74) is 3.86. The predicted octanol–water partition coefficient (Wildman–Crippen LogP) is 6.64. The summed E-state index contributed by atoms with van der Waals surface area (Å²) >= 11 is 9.08. The molecule has 0 aliphatic carbocycles. The molecular formula is C28H37BrClNO4. The molecule has 0 radical (unpaired) electrons. The van der Waals surface area contributed by atoms with Crippen LogP contribution in [0.5, 0.6) is 5.75 Å². The van der Waals surface area contributed by atoms with E-state index in [0.29, 0.717) is 25.2 Å². The molecule has 0 unspecified atom stereocenters. The lowest BCUT2D eigenvalue weighted by Gasteiger charge is -2.26. The predicted molar refractivity (Wildman–Crippen MR) is 147 cm³/mol. The average Bonchev–Trinajstić information content (AvgIpc) is 2.88. The Bertz CT molecular complexity index is 902. The number of unbranched alkanes of at least 4 members (excludes halogenated alkanes) is 1. The van der Waals surface area contributed by atoms with Gasteiger partial charge in [-0.1, -0.05) is 54.3 Å². The van der Waals surface area contributed by atoms with Gasteiger partial charge in [0.1, 0.15) is 11.8 Å². The minimum absolute atomic E-state index is 0.0925. The zero-order valence-corrected chi connectivity index (χ0v) is 23.5. The van der Waals surface area contributed by atoms with Crippen molar-refractivity contribution in [2.45, 2.75) is 64.3 Å². The lowest BCUT2D eigenvalue weighted by atomic mass is 9.98. The van der Waals surface area contributed by atoms with Crippen LogP contribution in [-0.4, -0.2) is 44.1 Å². The van der Waals surface area contributed by atoms with Gasteiger partial charge < -0.3 is 14.4 Å². The Morgan fingerprint density at radius 2 is 1.89 bits per heavy atom. The highest BCUT2D eigenvalue weighted by molar-refractivity contribution is 9.12. The number of amides is 1. The van der Waals surface area contributed by atoms with E-state index in [4.69, 9.17) is 21.1 Å². The summed E-state index contributed by atoms with van der Waals surface area (Å²) in [6.07, 6.45) is 10.3. The van der Waals surface area contributed by atoms with E-state index in [1.807, 2.05) is 30.3 Å². The molecule has 0 heterocycles. The monoisotopic (exact) mass is 565 g/mol. The number of halogens is 2. The molecule has 1 rings (SSSR count). The van der Waals surface area contributed by atoms with Crippen LogP contribution >= 0.6 is 27.5 Å². The maximum absolute atomic E-state index is 12.8. The Kier molecular flexibility index (Phi) is 15.9. The molecule has 0 saturated carbocycles. The summed E-state index contributed by atoms with van der Waals surface area (Å²) in [6.45, 7) is 2.16. The molecule has 0 aliphatic rings. The second kappa shape index (κ2) is 18.1. The van der Waals surface area contributed by atoms with E-state index in [1.54, 1.807) is 19.7 Å². The van der Waals surface area contributed by atoms with Crippen LogP contribution in [0, 0.1) is 16.7 Å². The van der Waals surface area contributed by atoms with Gasteiger partial charge >= 0.3 is 5.97 Å². The third-order valence-electron chi connectivity index (χ3n) is 5.85. The third kappa shape index (κ3) is 12.3. The molecule has 0 fully saturated rings. The standard InChI is InChI=1S/C28H37BrClNO4/c1-22(13-14-24(21-30)11-6-5-9-19-29)10-7-8-12-27(32)31(2)26(28(33)35-4)20-23-15-17-25(34-3)18-16-23/h7,10,15-18,21-22,26H,5-6,8,11-14,20H2,1-4H3/b10-7?,24-21-/t22-,26-/m0/s1. The highest BCUT2D eigenvalue weighted by Crippen LogP contribution is 2.20.